The van der Waals surface area contributed by atoms with Crippen LogP contribution in [0.5, 0.6) is 5.75 Å². The fourth-order valence-electron chi connectivity index (χ4n) is 1.42. The van der Waals surface area contributed by atoms with Crippen LogP contribution in [0.2, 0.25) is 0 Å². The standard InChI is InChI=1S/C11H16N2O/c1-3-8-5-4-6-9(10(13)7-12)11(8)14-2/h4-7H,3,12-13H2,1-2H3/b10-7-. The van der Waals surface area contributed by atoms with Crippen molar-refractivity contribution in [2.45, 2.75) is 13.3 Å². The number of hydrogen-bond acceptors (Lipinski definition) is 3. The highest BCUT2D eigenvalue weighted by molar-refractivity contribution is 5.69. The third-order valence-electron chi connectivity index (χ3n) is 2.17. The van der Waals surface area contributed by atoms with E-state index in [0.717, 1.165) is 23.3 Å². The summed E-state index contributed by atoms with van der Waals surface area (Å²) in [6.45, 7) is 2.07. The van der Waals surface area contributed by atoms with Crippen molar-refractivity contribution in [3.05, 3.63) is 35.5 Å². The summed E-state index contributed by atoms with van der Waals surface area (Å²) in [6.07, 6.45) is 2.30. The van der Waals surface area contributed by atoms with E-state index >= 15 is 0 Å². The van der Waals surface area contributed by atoms with Crippen LogP contribution in [-0.2, 0) is 6.42 Å². The molecule has 0 spiro atoms. The Hall–Kier alpha value is -1.64. The van der Waals surface area contributed by atoms with Crippen molar-refractivity contribution in [2.24, 2.45) is 11.5 Å². The Bertz CT molecular complexity index is 345. The third-order valence-corrected chi connectivity index (χ3v) is 2.17. The molecule has 0 heterocycles. The van der Waals surface area contributed by atoms with E-state index in [2.05, 4.69) is 6.92 Å². The van der Waals surface area contributed by atoms with Gasteiger partial charge in [-0.05, 0) is 18.1 Å². The van der Waals surface area contributed by atoms with Crippen LogP contribution >= 0.6 is 0 Å². The van der Waals surface area contributed by atoms with Gasteiger partial charge in [0.25, 0.3) is 0 Å². The van der Waals surface area contributed by atoms with Gasteiger partial charge in [0.05, 0.1) is 12.8 Å². The zero-order valence-electron chi connectivity index (χ0n) is 8.58. The van der Waals surface area contributed by atoms with Crippen LogP contribution in [-0.4, -0.2) is 7.11 Å². The summed E-state index contributed by atoms with van der Waals surface area (Å²) in [7, 11) is 1.64. The monoisotopic (exact) mass is 192 g/mol. The summed E-state index contributed by atoms with van der Waals surface area (Å²) >= 11 is 0. The molecule has 0 atom stereocenters. The number of ether oxygens (including phenoxy) is 1. The van der Waals surface area contributed by atoms with Crippen molar-refractivity contribution in [3.8, 4) is 5.75 Å². The quantitative estimate of drug-likeness (QED) is 0.762. The molecule has 0 saturated carbocycles. The van der Waals surface area contributed by atoms with E-state index in [1.54, 1.807) is 7.11 Å². The van der Waals surface area contributed by atoms with Gasteiger partial charge in [0.2, 0.25) is 0 Å². The van der Waals surface area contributed by atoms with Gasteiger partial charge in [-0.25, -0.2) is 0 Å². The SMILES string of the molecule is CCc1cccc(/C(N)=C/N)c1OC. The first kappa shape index (κ1) is 10.4. The number of rotatable bonds is 3. The highest BCUT2D eigenvalue weighted by Crippen LogP contribution is 2.27. The van der Waals surface area contributed by atoms with E-state index in [0.29, 0.717) is 5.70 Å². The molecule has 3 nitrogen and oxygen atoms in total. The lowest BCUT2D eigenvalue weighted by Gasteiger charge is -2.12. The van der Waals surface area contributed by atoms with E-state index in [4.69, 9.17) is 16.2 Å². The Labute approximate surface area is 84.4 Å². The lowest BCUT2D eigenvalue weighted by molar-refractivity contribution is 0.409. The molecule has 0 amide bonds. The van der Waals surface area contributed by atoms with Crippen LogP contribution in [0.3, 0.4) is 0 Å². The summed E-state index contributed by atoms with van der Waals surface area (Å²) in [5, 5.41) is 0. The first-order valence-corrected chi connectivity index (χ1v) is 4.58. The second-order valence-electron chi connectivity index (χ2n) is 2.97. The maximum Gasteiger partial charge on any atom is 0.131 e. The first-order chi connectivity index (χ1) is 6.74. The summed E-state index contributed by atoms with van der Waals surface area (Å²) < 4.78 is 5.31. The number of benzene rings is 1. The van der Waals surface area contributed by atoms with Gasteiger partial charge in [0.1, 0.15) is 5.75 Å². The number of methoxy groups -OCH3 is 1. The van der Waals surface area contributed by atoms with Gasteiger partial charge in [-0.1, -0.05) is 19.1 Å². The minimum absolute atomic E-state index is 0.539. The maximum absolute atomic E-state index is 5.75. The zero-order valence-corrected chi connectivity index (χ0v) is 8.58. The first-order valence-electron chi connectivity index (χ1n) is 4.58. The minimum Gasteiger partial charge on any atom is -0.496 e. The second kappa shape index (κ2) is 4.56. The van der Waals surface area contributed by atoms with E-state index < -0.39 is 0 Å². The number of nitrogens with two attached hydrogens (primary N) is 2. The largest absolute Gasteiger partial charge is 0.496 e. The van der Waals surface area contributed by atoms with Crippen LogP contribution in [0.25, 0.3) is 5.70 Å². The molecule has 14 heavy (non-hydrogen) atoms. The van der Waals surface area contributed by atoms with Crippen LogP contribution in [0.1, 0.15) is 18.1 Å². The Morgan fingerprint density at radius 1 is 1.50 bits per heavy atom. The number of aryl methyl sites for hydroxylation is 1. The molecular formula is C11H16N2O. The third kappa shape index (κ3) is 1.82. The molecule has 0 aromatic heterocycles. The Morgan fingerprint density at radius 2 is 2.21 bits per heavy atom. The fraction of sp³-hybridized carbons (Fsp3) is 0.273. The van der Waals surface area contributed by atoms with Crippen LogP contribution in [0, 0.1) is 0 Å². The van der Waals surface area contributed by atoms with Gasteiger partial charge in [0.15, 0.2) is 0 Å². The molecule has 4 N–H and O–H groups in total. The van der Waals surface area contributed by atoms with Crippen molar-refractivity contribution < 1.29 is 4.74 Å². The van der Waals surface area contributed by atoms with Gasteiger partial charge < -0.3 is 16.2 Å². The normalized spacial score (nSPS) is 11.4. The number of hydrogen-bond donors (Lipinski definition) is 2. The highest BCUT2D eigenvalue weighted by Gasteiger charge is 2.08. The van der Waals surface area contributed by atoms with Crippen molar-refractivity contribution in [1.82, 2.24) is 0 Å². The average molecular weight is 192 g/mol. The molecule has 0 bridgehead atoms. The van der Waals surface area contributed by atoms with Crippen molar-refractivity contribution in [2.75, 3.05) is 7.11 Å². The summed E-state index contributed by atoms with van der Waals surface area (Å²) in [4.78, 5) is 0. The van der Waals surface area contributed by atoms with Crippen LogP contribution < -0.4 is 16.2 Å². The second-order valence-corrected chi connectivity index (χ2v) is 2.97. The molecule has 0 unspecified atom stereocenters. The van der Waals surface area contributed by atoms with E-state index in [-0.39, 0.29) is 0 Å². The van der Waals surface area contributed by atoms with Crippen LogP contribution in [0.4, 0.5) is 0 Å². The van der Waals surface area contributed by atoms with Gasteiger partial charge in [-0.3, -0.25) is 0 Å². The molecule has 0 radical (unpaired) electrons. The highest BCUT2D eigenvalue weighted by atomic mass is 16.5. The van der Waals surface area contributed by atoms with Gasteiger partial charge in [-0.15, -0.1) is 0 Å². The van der Waals surface area contributed by atoms with Crippen LogP contribution in [0.15, 0.2) is 24.4 Å². The Kier molecular flexibility index (Phi) is 3.40. The smallest absolute Gasteiger partial charge is 0.131 e. The molecule has 3 heteroatoms. The van der Waals surface area contributed by atoms with Gasteiger partial charge in [0, 0.05) is 11.8 Å². The molecular weight excluding hydrogens is 176 g/mol. The summed E-state index contributed by atoms with van der Waals surface area (Å²) in [5.74, 6) is 0.814. The molecule has 0 saturated heterocycles. The fourth-order valence-corrected chi connectivity index (χ4v) is 1.42. The van der Waals surface area contributed by atoms with Gasteiger partial charge >= 0.3 is 0 Å². The van der Waals surface area contributed by atoms with Gasteiger partial charge in [-0.2, -0.15) is 0 Å². The molecule has 0 aliphatic heterocycles. The minimum atomic E-state index is 0.539. The predicted molar refractivity (Wildman–Crippen MR) is 58.7 cm³/mol. The Morgan fingerprint density at radius 3 is 2.71 bits per heavy atom. The van der Waals surface area contributed by atoms with Crippen molar-refractivity contribution >= 4 is 5.70 Å². The van der Waals surface area contributed by atoms with E-state index in [1.807, 2.05) is 18.2 Å². The average Bonchev–Trinajstić information content (AvgIpc) is 2.26. The van der Waals surface area contributed by atoms with E-state index in [9.17, 15) is 0 Å². The molecule has 1 aromatic rings. The zero-order chi connectivity index (χ0) is 10.6. The lowest BCUT2D eigenvalue weighted by atomic mass is 10.0. The lowest BCUT2D eigenvalue weighted by Crippen LogP contribution is -2.03. The molecule has 0 fully saturated rings. The topological polar surface area (TPSA) is 61.3 Å². The molecule has 1 rings (SSSR count). The maximum atomic E-state index is 5.75. The van der Waals surface area contributed by atoms with E-state index in [1.165, 1.54) is 6.20 Å². The van der Waals surface area contributed by atoms with Crippen molar-refractivity contribution in [3.63, 3.8) is 0 Å². The van der Waals surface area contributed by atoms with Crippen molar-refractivity contribution in [1.29, 1.82) is 0 Å². The number of para-hydroxylation sites is 1. The predicted octanol–water partition coefficient (Wildman–Crippen LogP) is 1.47. The molecule has 0 aliphatic carbocycles. The molecule has 1 aromatic carbocycles. The Balaban J connectivity index is 3.29. The summed E-state index contributed by atoms with van der Waals surface area (Å²) in [5.41, 5.74) is 13.7. The summed E-state index contributed by atoms with van der Waals surface area (Å²) in [6, 6.07) is 5.87. The molecule has 0 aliphatic rings. The molecule has 76 valence electrons.